The average molecular weight is 375 g/mol. The van der Waals surface area contributed by atoms with E-state index in [2.05, 4.69) is 10.5 Å². The van der Waals surface area contributed by atoms with Crippen LogP contribution in [0.15, 0.2) is 75.9 Å². The van der Waals surface area contributed by atoms with Crippen LogP contribution in [0, 0.1) is 0 Å². The van der Waals surface area contributed by atoms with Gasteiger partial charge < -0.3 is 14.3 Å². The van der Waals surface area contributed by atoms with Gasteiger partial charge in [0.15, 0.2) is 5.76 Å². The van der Waals surface area contributed by atoms with Crippen molar-refractivity contribution in [2.75, 3.05) is 20.6 Å². The summed E-state index contributed by atoms with van der Waals surface area (Å²) in [5.41, 5.74) is 2.20. The third kappa shape index (κ3) is 3.54. The summed E-state index contributed by atoms with van der Waals surface area (Å²) >= 11 is 0. The van der Waals surface area contributed by atoms with E-state index in [4.69, 9.17) is 8.94 Å². The predicted octanol–water partition coefficient (Wildman–Crippen LogP) is 4.12. The van der Waals surface area contributed by atoms with Crippen molar-refractivity contribution in [1.29, 1.82) is 0 Å². The highest BCUT2D eigenvalue weighted by Gasteiger charge is 2.19. The molecule has 0 aliphatic rings. The standard InChI is InChI=1S/C22H21N3O3/c1-25(2)19(20-9-6-12-27-20)14-23-22(26)16-10-11-18-17(13-16)21(28-24-18)15-7-4-3-5-8-15/h3-13,19H,14H2,1-2H3,(H,23,26). The number of carbonyl (C=O) groups is 1. The van der Waals surface area contributed by atoms with Crippen LogP contribution in [0.3, 0.4) is 0 Å². The number of rotatable bonds is 6. The Hall–Kier alpha value is -3.38. The van der Waals surface area contributed by atoms with Crippen molar-refractivity contribution in [3.8, 4) is 11.3 Å². The second kappa shape index (κ2) is 7.70. The Bertz CT molecular complexity index is 1070. The van der Waals surface area contributed by atoms with Gasteiger partial charge in [-0.3, -0.25) is 9.69 Å². The number of amides is 1. The first-order chi connectivity index (χ1) is 13.6. The van der Waals surface area contributed by atoms with Gasteiger partial charge in [-0.05, 0) is 44.4 Å². The van der Waals surface area contributed by atoms with E-state index in [1.54, 1.807) is 18.4 Å². The van der Waals surface area contributed by atoms with Crippen molar-refractivity contribution >= 4 is 16.8 Å². The lowest BCUT2D eigenvalue weighted by Gasteiger charge is -2.22. The van der Waals surface area contributed by atoms with Gasteiger partial charge in [-0.25, -0.2) is 0 Å². The zero-order valence-electron chi connectivity index (χ0n) is 15.8. The fraction of sp³-hybridized carbons (Fsp3) is 0.182. The Kier molecular flexibility index (Phi) is 4.95. The van der Waals surface area contributed by atoms with Crippen LogP contribution < -0.4 is 5.32 Å². The maximum atomic E-state index is 12.7. The molecule has 0 bridgehead atoms. The number of nitrogens with one attached hydrogen (secondary N) is 1. The zero-order chi connectivity index (χ0) is 19.5. The molecule has 28 heavy (non-hydrogen) atoms. The van der Waals surface area contributed by atoms with E-state index in [1.807, 2.05) is 67.5 Å². The highest BCUT2D eigenvalue weighted by Crippen LogP contribution is 2.29. The molecule has 2 aromatic carbocycles. The first kappa shape index (κ1) is 18.0. The maximum absolute atomic E-state index is 12.7. The molecule has 1 amide bonds. The Balaban J connectivity index is 1.56. The molecule has 0 radical (unpaired) electrons. The number of aromatic nitrogens is 1. The molecule has 2 aromatic heterocycles. The minimum atomic E-state index is -0.152. The average Bonchev–Trinajstić information content (AvgIpc) is 3.38. The van der Waals surface area contributed by atoms with Crippen LogP contribution in [0.1, 0.15) is 22.2 Å². The van der Waals surface area contributed by atoms with Crippen molar-refractivity contribution in [3.05, 3.63) is 78.3 Å². The number of furan rings is 1. The SMILES string of the molecule is CN(C)C(CNC(=O)c1ccc2noc(-c3ccccc3)c2c1)c1ccco1. The molecular formula is C22H21N3O3. The van der Waals surface area contributed by atoms with Crippen molar-refractivity contribution in [3.63, 3.8) is 0 Å². The van der Waals surface area contributed by atoms with Crippen LogP contribution in [0.5, 0.6) is 0 Å². The molecule has 0 spiro atoms. The van der Waals surface area contributed by atoms with Crippen molar-refractivity contribution in [2.45, 2.75) is 6.04 Å². The molecule has 142 valence electrons. The van der Waals surface area contributed by atoms with Gasteiger partial charge >= 0.3 is 0 Å². The van der Waals surface area contributed by atoms with Gasteiger partial charge in [0.05, 0.1) is 17.7 Å². The molecule has 0 aliphatic heterocycles. The summed E-state index contributed by atoms with van der Waals surface area (Å²) in [6, 6.07) is 18.8. The van der Waals surface area contributed by atoms with Gasteiger partial charge in [-0.1, -0.05) is 35.5 Å². The van der Waals surface area contributed by atoms with E-state index < -0.39 is 0 Å². The Morgan fingerprint density at radius 2 is 1.93 bits per heavy atom. The molecule has 0 saturated heterocycles. The number of carbonyl (C=O) groups excluding carboxylic acids is 1. The van der Waals surface area contributed by atoms with Crippen LogP contribution in [0.2, 0.25) is 0 Å². The summed E-state index contributed by atoms with van der Waals surface area (Å²) < 4.78 is 11.0. The second-order valence-electron chi connectivity index (χ2n) is 6.81. The summed E-state index contributed by atoms with van der Waals surface area (Å²) in [5.74, 6) is 1.32. The molecule has 0 saturated carbocycles. The quantitative estimate of drug-likeness (QED) is 0.549. The minimum Gasteiger partial charge on any atom is -0.468 e. The maximum Gasteiger partial charge on any atom is 0.251 e. The van der Waals surface area contributed by atoms with Gasteiger partial charge in [0.2, 0.25) is 0 Å². The summed E-state index contributed by atoms with van der Waals surface area (Å²) in [6.45, 7) is 0.437. The molecule has 1 atom stereocenters. The van der Waals surface area contributed by atoms with Gasteiger partial charge in [0, 0.05) is 17.7 Å². The summed E-state index contributed by atoms with van der Waals surface area (Å²) in [7, 11) is 3.91. The van der Waals surface area contributed by atoms with E-state index in [0.29, 0.717) is 17.9 Å². The molecular weight excluding hydrogens is 354 g/mol. The van der Waals surface area contributed by atoms with Crippen LogP contribution in [0.25, 0.3) is 22.2 Å². The lowest BCUT2D eigenvalue weighted by Crippen LogP contribution is -2.34. The minimum absolute atomic E-state index is 0.0434. The highest BCUT2D eigenvalue weighted by molar-refractivity contribution is 6.01. The fourth-order valence-corrected chi connectivity index (χ4v) is 3.19. The van der Waals surface area contributed by atoms with E-state index in [1.165, 1.54) is 0 Å². The normalized spacial score (nSPS) is 12.4. The fourth-order valence-electron chi connectivity index (χ4n) is 3.19. The Morgan fingerprint density at radius 3 is 2.64 bits per heavy atom. The van der Waals surface area contributed by atoms with E-state index >= 15 is 0 Å². The number of likely N-dealkylation sites (N-methyl/N-ethyl adjacent to an activating group) is 1. The van der Waals surface area contributed by atoms with Crippen LogP contribution in [0.4, 0.5) is 0 Å². The van der Waals surface area contributed by atoms with Gasteiger partial charge in [0.25, 0.3) is 5.91 Å². The molecule has 4 rings (SSSR count). The molecule has 4 aromatic rings. The van der Waals surface area contributed by atoms with Gasteiger partial charge in [-0.2, -0.15) is 0 Å². The molecule has 6 nitrogen and oxygen atoms in total. The van der Waals surface area contributed by atoms with Crippen molar-refractivity contribution < 1.29 is 13.7 Å². The molecule has 6 heteroatoms. The first-order valence-corrected chi connectivity index (χ1v) is 9.06. The zero-order valence-corrected chi connectivity index (χ0v) is 15.8. The van der Waals surface area contributed by atoms with E-state index in [0.717, 1.165) is 22.2 Å². The summed E-state index contributed by atoms with van der Waals surface area (Å²) in [4.78, 5) is 14.8. The molecule has 1 unspecified atom stereocenters. The lowest BCUT2D eigenvalue weighted by atomic mass is 10.1. The third-order valence-corrected chi connectivity index (χ3v) is 4.73. The van der Waals surface area contributed by atoms with Gasteiger partial charge in [0.1, 0.15) is 11.3 Å². The monoisotopic (exact) mass is 375 g/mol. The molecule has 0 aliphatic carbocycles. The lowest BCUT2D eigenvalue weighted by molar-refractivity contribution is 0.0939. The van der Waals surface area contributed by atoms with Crippen LogP contribution in [-0.4, -0.2) is 36.6 Å². The molecule has 1 N–H and O–H groups in total. The number of hydrogen-bond acceptors (Lipinski definition) is 5. The second-order valence-corrected chi connectivity index (χ2v) is 6.81. The summed E-state index contributed by atoms with van der Waals surface area (Å²) in [6.07, 6.45) is 1.64. The van der Waals surface area contributed by atoms with Gasteiger partial charge in [-0.15, -0.1) is 0 Å². The Labute approximate surface area is 162 Å². The highest BCUT2D eigenvalue weighted by atomic mass is 16.5. The smallest absolute Gasteiger partial charge is 0.251 e. The number of benzene rings is 2. The van der Waals surface area contributed by atoms with Crippen LogP contribution >= 0.6 is 0 Å². The first-order valence-electron chi connectivity index (χ1n) is 9.06. The molecule has 2 heterocycles. The molecule has 0 fully saturated rings. The number of nitrogens with zero attached hydrogens (tertiary/aromatic N) is 2. The summed E-state index contributed by atoms with van der Waals surface area (Å²) in [5, 5.41) is 7.91. The van der Waals surface area contributed by atoms with E-state index in [-0.39, 0.29) is 11.9 Å². The van der Waals surface area contributed by atoms with Crippen LogP contribution in [-0.2, 0) is 0 Å². The van der Waals surface area contributed by atoms with Crippen molar-refractivity contribution in [2.24, 2.45) is 0 Å². The third-order valence-electron chi connectivity index (χ3n) is 4.73. The topological polar surface area (TPSA) is 71.5 Å². The largest absolute Gasteiger partial charge is 0.468 e. The van der Waals surface area contributed by atoms with Crippen molar-refractivity contribution in [1.82, 2.24) is 15.4 Å². The predicted molar refractivity (Wildman–Crippen MR) is 107 cm³/mol. The number of hydrogen-bond donors (Lipinski definition) is 1. The van der Waals surface area contributed by atoms with E-state index in [9.17, 15) is 4.79 Å². The Morgan fingerprint density at radius 1 is 1.11 bits per heavy atom. The number of fused-ring (bicyclic) bond motifs is 1.